The first-order chi connectivity index (χ1) is 13.4. The minimum absolute atomic E-state index is 0.290. The highest BCUT2D eigenvalue weighted by Crippen LogP contribution is 2.28. The van der Waals surface area contributed by atoms with Gasteiger partial charge in [0.05, 0.1) is 12.7 Å². The number of ether oxygens (including phenoxy) is 2. The van der Waals surface area contributed by atoms with Gasteiger partial charge in [-0.05, 0) is 25.0 Å². The second-order valence-electron chi connectivity index (χ2n) is 6.69. The van der Waals surface area contributed by atoms with Crippen molar-refractivity contribution in [1.82, 2.24) is 10.2 Å². The lowest BCUT2D eigenvalue weighted by Crippen LogP contribution is -2.47. The minimum Gasteiger partial charge on any atom is -0.496 e. The SMILES string of the molecule is CCCC1(CCC)NC(=O)N(CC(=O)OCC(=O)c2ccccc2OC)C1=O. The van der Waals surface area contributed by atoms with E-state index in [1.807, 2.05) is 13.8 Å². The Hall–Kier alpha value is -2.90. The molecular weight excluding hydrogens is 364 g/mol. The van der Waals surface area contributed by atoms with E-state index in [9.17, 15) is 19.2 Å². The number of nitrogens with zero attached hydrogens (tertiary/aromatic N) is 1. The number of carbonyl (C=O) groups is 4. The Morgan fingerprint density at radius 1 is 1.11 bits per heavy atom. The maximum absolute atomic E-state index is 12.7. The Kier molecular flexibility index (Phi) is 7.14. The van der Waals surface area contributed by atoms with E-state index >= 15 is 0 Å². The third kappa shape index (κ3) is 4.49. The van der Waals surface area contributed by atoms with Gasteiger partial charge >= 0.3 is 12.0 Å². The number of hydrogen-bond donors (Lipinski definition) is 1. The number of benzene rings is 1. The second-order valence-corrected chi connectivity index (χ2v) is 6.69. The number of amides is 3. The molecule has 0 bridgehead atoms. The zero-order valence-corrected chi connectivity index (χ0v) is 16.4. The van der Waals surface area contributed by atoms with Crippen LogP contribution in [-0.2, 0) is 14.3 Å². The summed E-state index contributed by atoms with van der Waals surface area (Å²) >= 11 is 0. The summed E-state index contributed by atoms with van der Waals surface area (Å²) < 4.78 is 10.1. The molecule has 8 heteroatoms. The number of carbonyl (C=O) groups excluding carboxylic acids is 4. The molecule has 0 radical (unpaired) electrons. The summed E-state index contributed by atoms with van der Waals surface area (Å²) in [5.74, 6) is -1.30. The van der Waals surface area contributed by atoms with Crippen molar-refractivity contribution in [2.75, 3.05) is 20.3 Å². The third-order valence-corrected chi connectivity index (χ3v) is 4.66. The number of imide groups is 1. The summed E-state index contributed by atoms with van der Waals surface area (Å²) in [4.78, 5) is 50.2. The smallest absolute Gasteiger partial charge is 0.326 e. The number of para-hydroxylation sites is 1. The maximum atomic E-state index is 12.7. The first kappa shape index (κ1) is 21.4. The zero-order valence-electron chi connectivity index (χ0n) is 16.4. The van der Waals surface area contributed by atoms with Gasteiger partial charge in [0.25, 0.3) is 5.91 Å². The molecule has 0 aromatic heterocycles. The lowest BCUT2D eigenvalue weighted by molar-refractivity contribution is -0.147. The largest absolute Gasteiger partial charge is 0.496 e. The van der Waals surface area contributed by atoms with Gasteiger partial charge in [0, 0.05) is 0 Å². The van der Waals surface area contributed by atoms with E-state index in [1.165, 1.54) is 7.11 Å². The van der Waals surface area contributed by atoms with E-state index < -0.39 is 42.4 Å². The molecule has 0 atom stereocenters. The molecule has 1 saturated heterocycles. The number of ketones is 1. The fourth-order valence-electron chi connectivity index (χ4n) is 3.41. The van der Waals surface area contributed by atoms with Crippen LogP contribution < -0.4 is 10.1 Å². The van der Waals surface area contributed by atoms with Crippen LogP contribution in [0, 0.1) is 0 Å². The summed E-state index contributed by atoms with van der Waals surface area (Å²) in [5.41, 5.74) is -0.675. The highest BCUT2D eigenvalue weighted by Gasteiger charge is 2.50. The van der Waals surface area contributed by atoms with E-state index in [1.54, 1.807) is 24.3 Å². The van der Waals surface area contributed by atoms with Crippen LogP contribution in [0.3, 0.4) is 0 Å². The second kappa shape index (κ2) is 9.34. The molecule has 0 spiro atoms. The van der Waals surface area contributed by atoms with Gasteiger partial charge in [-0.25, -0.2) is 4.79 Å². The van der Waals surface area contributed by atoms with E-state index in [0.29, 0.717) is 18.6 Å². The van der Waals surface area contributed by atoms with Crippen molar-refractivity contribution in [3.8, 4) is 5.75 Å². The average molecular weight is 390 g/mol. The number of Topliss-reactive ketones (excluding diaryl/α,β-unsaturated/α-hetero) is 1. The van der Waals surface area contributed by atoms with Gasteiger partial charge in [-0.3, -0.25) is 19.3 Å². The standard InChI is InChI=1S/C20H26N2O6/c1-4-10-20(11-5-2)18(25)22(19(26)21-20)12-17(24)28-13-15(23)14-8-6-7-9-16(14)27-3/h6-9H,4-5,10-13H2,1-3H3,(H,21,26). The van der Waals surface area contributed by atoms with Crippen LogP contribution in [0.25, 0.3) is 0 Å². The van der Waals surface area contributed by atoms with Crippen molar-refractivity contribution in [1.29, 1.82) is 0 Å². The fraction of sp³-hybridized carbons (Fsp3) is 0.500. The number of rotatable bonds is 10. The quantitative estimate of drug-likeness (QED) is 0.374. The van der Waals surface area contributed by atoms with E-state index in [2.05, 4.69) is 5.32 Å². The van der Waals surface area contributed by atoms with Crippen molar-refractivity contribution < 1.29 is 28.7 Å². The normalized spacial score (nSPS) is 15.3. The highest BCUT2D eigenvalue weighted by atomic mass is 16.5. The van der Waals surface area contributed by atoms with Crippen LogP contribution in [0.4, 0.5) is 4.79 Å². The Balaban J connectivity index is 1.98. The van der Waals surface area contributed by atoms with Crippen LogP contribution >= 0.6 is 0 Å². The van der Waals surface area contributed by atoms with Crippen molar-refractivity contribution in [3.05, 3.63) is 29.8 Å². The summed E-state index contributed by atoms with van der Waals surface area (Å²) in [6.07, 6.45) is 2.45. The van der Waals surface area contributed by atoms with Crippen molar-refractivity contribution in [3.63, 3.8) is 0 Å². The molecule has 0 unspecified atom stereocenters. The summed E-state index contributed by atoms with van der Waals surface area (Å²) in [7, 11) is 1.44. The lowest BCUT2D eigenvalue weighted by atomic mass is 9.88. The molecular formula is C20H26N2O6. The topological polar surface area (TPSA) is 102 Å². The number of esters is 1. The molecule has 1 fully saturated rings. The van der Waals surface area contributed by atoms with Gasteiger partial charge < -0.3 is 14.8 Å². The molecule has 1 aromatic rings. The van der Waals surface area contributed by atoms with Crippen molar-refractivity contribution >= 4 is 23.7 Å². The molecule has 1 N–H and O–H groups in total. The first-order valence-electron chi connectivity index (χ1n) is 9.34. The Bertz CT molecular complexity index is 755. The number of urea groups is 1. The van der Waals surface area contributed by atoms with Gasteiger partial charge in [0.2, 0.25) is 5.78 Å². The van der Waals surface area contributed by atoms with Gasteiger partial charge in [-0.2, -0.15) is 0 Å². The predicted molar refractivity (Wildman–Crippen MR) is 101 cm³/mol. The molecule has 1 aliphatic rings. The van der Waals surface area contributed by atoms with Crippen LogP contribution in [0.15, 0.2) is 24.3 Å². The van der Waals surface area contributed by atoms with E-state index in [4.69, 9.17) is 9.47 Å². The molecule has 152 valence electrons. The zero-order chi connectivity index (χ0) is 20.7. The van der Waals surface area contributed by atoms with Gasteiger partial charge in [0.1, 0.15) is 17.8 Å². The number of nitrogens with one attached hydrogen (secondary N) is 1. The van der Waals surface area contributed by atoms with Gasteiger partial charge in [-0.1, -0.05) is 38.8 Å². The monoisotopic (exact) mass is 390 g/mol. The summed E-state index contributed by atoms with van der Waals surface area (Å²) in [5, 5.41) is 2.73. The first-order valence-corrected chi connectivity index (χ1v) is 9.34. The molecule has 3 amide bonds. The molecule has 2 rings (SSSR count). The molecule has 1 aromatic carbocycles. The number of methoxy groups -OCH3 is 1. The van der Waals surface area contributed by atoms with Gasteiger partial charge in [0.15, 0.2) is 6.61 Å². The average Bonchev–Trinajstić information content (AvgIpc) is 2.90. The molecule has 8 nitrogen and oxygen atoms in total. The van der Waals surface area contributed by atoms with E-state index in [0.717, 1.165) is 17.7 Å². The van der Waals surface area contributed by atoms with Crippen LogP contribution in [-0.4, -0.2) is 54.4 Å². The Morgan fingerprint density at radius 3 is 2.36 bits per heavy atom. The van der Waals surface area contributed by atoms with Crippen LogP contribution in [0.2, 0.25) is 0 Å². The van der Waals surface area contributed by atoms with E-state index in [-0.39, 0.29) is 5.56 Å². The Morgan fingerprint density at radius 2 is 1.75 bits per heavy atom. The molecule has 0 saturated carbocycles. The van der Waals surface area contributed by atoms with Crippen molar-refractivity contribution in [2.45, 2.75) is 45.1 Å². The lowest BCUT2D eigenvalue weighted by Gasteiger charge is -2.25. The Labute approximate surface area is 164 Å². The van der Waals surface area contributed by atoms with Crippen LogP contribution in [0.1, 0.15) is 49.9 Å². The third-order valence-electron chi connectivity index (χ3n) is 4.66. The van der Waals surface area contributed by atoms with Crippen LogP contribution in [0.5, 0.6) is 5.75 Å². The molecule has 0 aliphatic carbocycles. The van der Waals surface area contributed by atoms with Gasteiger partial charge in [-0.15, -0.1) is 0 Å². The highest BCUT2D eigenvalue weighted by molar-refractivity contribution is 6.09. The maximum Gasteiger partial charge on any atom is 0.326 e. The minimum atomic E-state index is -0.964. The van der Waals surface area contributed by atoms with Crippen molar-refractivity contribution in [2.24, 2.45) is 0 Å². The molecule has 28 heavy (non-hydrogen) atoms. The molecule has 1 heterocycles. The number of hydrogen-bond acceptors (Lipinski definition) is 6. The summed E-state index contributed by atoms with van der Waals surface area (Å²) in [6, 6.07) is 5.98. The fourth-order valence-corrected chi connectivity index (χ4v) is 3.41. The summed E-state index contributed by atoms with van der Waals surface area (Å²) in [6.45, 7) is 2.82. The predicted octanol–water partition coefficient (Wildman–Crippen LogP) is 2.31. The molecule has 1 aliphatic heterocycles.